The van der Waals surface area contributed by atoms with Gasteiger partial charge in [0.05, 0.1) is 11.1 Å². The van der Waals surface area contributed by atoms with Crippen molar-refractivity contribution in [3.63, 3.8) is 0 Å². The molecule has 0 unspecified atom stereocenters. The van der Waals surface area contributed by atoms with E-state index < -0.39 is 0 Å². The average Bonchev–Trinajstić information content (AvgIpc) is 3.52. The van der Waals surface area contributed by atoms with E-state index in [9.17, 15) is 0 Å². The summed E-state index contributed by atoms with van der Waals surface area (Å²) in [5.74, 6) is 0. The van der Waals surface area contributed by atoms with Gasteiger partial charge in [0.15, 0.2) is 0 Å². The number of anilines is 3. The van der Waals surface area contributed by atoms with E-state index in [-0.39, 0.29) is 0 Å². The van der Waals surface area contributed by atoms with Gasteiger partial charge in [-0.05, 0) is 80.9 Å². The van der Waals surface area contributed by atoms with Gasteiger partial charge in [0.25, 0.3) is 0 Å². The Hall–Kier alpha value is -6.12. The van der Waals surface area contributed by atoms with E-state index in [1.807, 2.05) is 0 Å². The van der Waals surface area contributed by atoms with Crippen molar-refractivity contribution in [2.24, 2.45) is 0 Å². The Kier molecular flexibility index (Phi) is 6.17. The van der Waals surface area contributed by atoms with Crippen LogP contribution in [0.2, 0.25) is 0 Å². The summed E-state index contributed by atoms with van der Waals surface area (Å²) in [6.07, 6.45) is 0. The summed E-state index contributed by atoms with van der Waals surface area (Å²) in [5, 5.41) is 6.91. The average molecular weight is 588 g/mol. The first-order chi connectivity index (χ1) is 22.8. The van der Waals surface area contributed by atoms with E-state index in [0.29, 0.717) is 0 Å². The Bertz CT molecular complexity index is 2510. The van der Waals surface area contributed by atoms with Gasteiger partial charge in [0.2, 0.25) is 0 Å². The Morgan fingerprint density at radius 3 is 1.72 bits per heavy atom. The van der Waals surface area contributed by atoms with Crippen molar-refractivity contribution in [2.75, 3.05) is 4.90 Å². The predicted octanol–water partition coefficient (Wildman–Crippen LogP) is 12.7. The number of rotatable bonds is 5. The maximum atomic E-state index is 6.81. The highest BCUT2D eigenvalue weighted by Gasteiger charge is 2.22. The largest absolute Gasteiger partial charge is 0.455 e. The van der Waals surface area contributed by atoms with Crippen LogP contribution in [0.1, 0.15) is 0 Å². The van der Waals surface area contributed by atoms with E-state index in [0.717, 1.165) is 55.5 Å². The molecular weight excluding hydrogens is 558 g/mol. The Labute approximate surface area is 267 Å². The van der Waals surface area contributed by atoms with E-state index in [1.165, 1.54) is 27.3 Å². The van der Waals surface area contributed by atoms with Crippen LogP contribution in [0.5, 0.6) is 0 Å². The molecule has 0 saturated carbocycles. The number of hydrogen-bond acceptors (Lipinski definition) is 2. The molecule has 9 aromatic rings. The third-order valence-corrected chi connectivity index (χ3v) is 9.01. The molecule has 0 aliphatic rings. The van der Waals surface area contributed by atoms with Gasteiger partial charge >= 0.3 is 0 Å². The molecule has 1 heterocycles. The molecule has 0 fully saturated rings. The lowest BCUT2D eigenvalue weighted by atomic mass is 9.99. The summed E-state index contributed by atoms with van der Waals surface area (Å²) in [5.41, 5.74) is 9.68. The van der Waals surface area contributed by atoms with Crippen LogP contribution in [-0.2, 0) is 0 Å². The standard InChI is InChI=1S/C44H29NO/c1-3-11-30(12-4-1)33-19-23-37(24-20-33)45(38-25-21-32-15-7-8-17-35(32)27-38)41-28-36(31-13-5-2-6-14-31)29-42-43(41)40-26-22-34-16-9-10-18-39(34)44(40)46-42/h1-29H. The molecule has 0 atom stereocenters. The quantitative estimate of drug-likeness (QED) is 0.199. The van der Waals surface area contributed by atoms with Crippen LogP contribution in [0.25, 0.3) is 65.7 Å². The molecule has 0 aliphatic heterocycles. The molecule has 0 aliphatic carbocycles. The zero-order valence-electron chi connectivity index (χ0n) is 25.1. The van der Waals surface area contributed by atoms with E-state index in [1.54, 1.807) is 0 Å². The Balaban J connectivity index is 1.35. The third kappa shape index (κ3) is 4.43. The molecule has 1 aromatic heterocycles. The highest BCUT2D eigenvalue weighted by molar-refractivity contribution is 6.20. The lowest BCUT2D eigenvalue weighted by Crippen LogP contribution is -2.10. The first-order valence-electron chi connectivity index (χ1n) is 15.7. The fraction of sp³-hybridized carbons (Fsp3) is 0. The topological polar surface area (TPSA) is 16.4 Å². The van der Waals surface area contributed by atoms with Crippen LogP contribution in [0, 0.1) is 0 Å². The SMILES string of the molecule is c1ccc(-c2ccc(N(c3ccc4ccccc4c3)c3cc(-c4ccccc4)cc4oc5c6ccccc6ccc5c34)cc2)cc1. The van der Waals surface area contributed by atoms with Crippen LogP contribution in [-0.4, -0.2) is 0 Å². The van der Waals surface area contributed by atoms with Crippen molar-refractivity contribution in [3.05, 3.63) is 176 Å². The van der Waals surface area contributed by atoms with Gasteiger partial charge in [-0.1, -0.05) is 133 Å². The van der Waals surface area contributed by atoms with Crippen LogP contribution >= 0.6 is 0 Å². The van der Waals surface area contributed by atoms with E-state index in [2.05, 4.69) is 181 Å². The summed E-state index contributed by atoms with van der Waals surface area (Å²) in [6.45, 7) is 0. The first kappa shape index (κ1) is 26.3. The first-order valence-corrected chi connectivity index (χ1v) is 15.7. The van der Waals surface area contributed by atoms with Gasteiger partial charge in [-0.2, -0.15) is 0 Å². The fourth-order valence-electron chi connectivity index (χ4n) is 6.76. The zero-order chi connectivity index (χ0) is 30.5. The fourth-order valence-corrected chi connectivity index (χ4v) is 6.76. The molecule has 0 N–H and O–H groups in total. The van der Waals surface area contributed by atoms with Crippen molar-refractivity contribution in [1.82, 2.24) is 0 Å². The minimum atomic E-state index is 0.870. The summed E-state index contributed by atoms with van der Waals surface area (Å²) < 4.78 is 6.81. The second-order valence-corrected chi connectivity index (χ2v) is 11.8. The second-order valence-electron chi connectivity index (χ2n) is 11.8. The molecule has 0 spiro atoms. The number of furan rings is 1. The molecule has 0 amide bonds. The minimum Gasteiger partial charge on any atom is -0.455 e. The van der Waals surface area contributed by atoms with Gasteiger partial charge in [-0.3, -0.25) is 0 Å². The molecule has 216 valence electrons. The Morgan fingerprint density at radius 2 is 0.957 bits per heavy atom. The maximum Gasteiger partial charge on any atom is 0.143 e. The third-order valence-electron chi connectivity index (χ3n) is 9.01. The van der Waals surface area contributed by atoms with Crippen LogP contribution in [0.4, 0.5) is 17.1 Å². The highest BCUT2D eigenvalue weighted by Crippen LogP contribution is 2.47. The highest BCUT2D eigenvalue weighted by atomic mass is 16.3. The number of nitrogens with zero attached hydrogens (tertiary/aromatic N) is 1. The molecule has 8 aromatic carbocycles. The van der Waals surface area contributed by atoms with Crippen molar-refractivity contribution in [2.45, 2.75) is 0 Å². The summed E-state index contributed by atoms with van der Waals surface area (Å²) in [4.78, 5) is 2.39. The van der Waals surface area contributed by atoms with Crippen molar-refractivity contribution in [3.8, 4) is 22.3 Å². The lowest BCUT2D eigenvalue weighted by molar-refractivity contribution is 0.673. The number of fused-ring (bicyclic) bond motifs is 6. The zero-order valence-corrected chi connectivity index (χ0v) is 25.1. The van der Waals surface area contributed by atoms with Crippen molar-refractivity contribution in [1.29, 1.82) is 0 Å². The van der Waals surface area contributed by atoms with Crippen LogP contribution in [0.15, 0.2) is 180 Å². The second kappa shape index (κ2) is 10.8. The van der Waals surface area contributed by atoms with Crippen molar-refractivity contribution >= 4 is 60.5 Å². The molecule has 0 radical (unpaired) electrons. The molecule has 2 heteroatoms. The molecule has 46 heavy (non-hydrogen) atoms. The van der Waals surface area contributed by atoms with E-state index >= 15 is 0 Å². The van der Waals surface area contributed by atoms with E-state index in [4.69, 9.17) is 4.42 Å². The normalized spacial score (nSPS) is 11.5. The molecular formula is C44H29NO. The van der Waals surface area contributed by atoms with Gasteiger partial charge in [-0.25, -0.2) is 0 Å². The van der Waals surface area contributed by atoms with Crippen molar-refractivity contribution < 1.29 is 4.42 Å². The summed E-state index contributed by atoms with van der Waals surface area (Å²) >= 11 is 0. The monoisotopic (exact) mass is 587 g/mol. The molecule has 0 saturated heterocycles. The van der Waals surface area contributed by atoms with Crippen LogP contribution < -0.4 is 4.90 Å². The maximum absolute atomic E-state index is 6.81. The van der Waals surface area contributed by atoms with Gasteiger partial charge < -0.3 is 9.32 Å². The molecule has 0 bridgehead atoms. The van der Waals surface area contributed by atoms with Gasteiger partial charge in [-0.15, -0.1) is 0 Å². The van der Waals surface area contributed by atoms with Gasteiger partial charge in [0, 0.05) is 22.1 Å². The number of hydrogen-bond donors (Lipinski definition) is 0. The smallest absolute Gasteiger partial charge is 0.143 e. The molecule has 9 rings (SSSR count). The predicted molar refractivity (Wildman–Crippen MR) is 194 cm³/mol. The van der Waals surface area contributed by atoms with Crippen LogP contribution in [0.3, 0.4) is 0 Å². The number of benzene rings is 8. The Morgan fingerprint density at radius 1 is 0.370 bits per heavy atom. The minimum absolute atomic E-state index is 0.870. The van der Waals surface area contributed by atoms with Gasteiger partial charge in [0.1, 0.15) is 11.2 Å². The summed E-state index contributed by atoms with van der Waals surface area (Å²) in [7, 11) is 0. The molecule has 2 nitrogen and oxygen atoms in total. The summed E-state index contributed by atoms with van der Waals surface area (Å²) in [6, 6.07) is 62.7. The lowest BCUT2D eigenvalue weighted by Gasteiger charge is -2.27.